The molecule has 0 spiro atoms. The lowest BCUT2D eigenvalue weighted by atomic mass is 10.1. The Bertz CT molecular complexity index is 797. The van der Waals surface area contributed by atoms with E-state index in [9.17, 15) is 14.0 Å². The molecule has 1 aliphatic rings. The lowest BCUT2D eigenvalue weighted by molar-refractivity contribution is -0.124. The Kier molecular flexibility index (Phi) is 5.04. The van der Waals surface area contributed by atoms with Gasteiger partial charge in [0.05, 0.1) is 10.9 Å². The highest BCUT2D eigenvalue weighted by molar-refractivity contribution is 6.31. The lowest BCUT2D eigenvalue weighted by Gasteiger charge is -2.24. The first-order chi connectivity index (χ1) is 12.0. The Morgan fingerprint density at radius 1 is 1.28 bits per heavy atom. The van der Waals surface area contributed by atoms with E-state index in [4.69, 9.17) is 11.6 Å². The highest BCUT2D eigenvalue weighted by Crippen LogP contribution is 2.30. The van der Waals surface area contributed by atoms with Crippen LogP contribution in [-0.4, -0.2) is 24.9 Å². The van der Waals surface area contributed by atoms with Crippen LogP contribution in [0.1, 0.15) is 13.3 Å². The van der Waals surface area contributed by atoms with Gasteiger partial charge in [0.2, 0.25) is 11.8 Å². The third-order valence-corrected chi connectivity index (χ3v) is 4.63. The Hall–Kier alpha value is -2.40. The number of para-hydroxylation sites is 1. The van der Waals surface area contributed by atoms with Crippen molar-refractivity contribution in [2.75, 3.05) is 22.9 Å². The van der Waals surface area contributed by atoms with Crippen LogP contribution in [0.2, 0.25) is 5.02 Å². The summed E-state index contributed by atoms with van der Waals surface area (Å²) < 4.78 is 13.3. The number of hydrogen-bond donors (Lipinski definition) is 0. The van der Waals surface area contributed by atoms with E-state index in [1.165, 1.54) is 23.1 Å². The molecule has 0 radical (unpaired) electrons. The zero-order chi connectivity index (χ0) is 18.0. The summed E-state index contributed by atoms with van der Waals surface area (Å²) in [6, 6.07) is 13.5. The van der Waals surface area contributed by atoms with Gasteiger partial charge in [-0.1, -0.05) is 29.8 Å². The number of halogens is 2. The molecule has 1 fully saturated rings. The van der Waals surface area contributed by atoms with Crippen molar-refractivity contribution >= 4 is 34.8 Å². The third kappa shape index (κ3) is 3.51. The van der Waals surface area contributed by atoms with Crippen molar-refractivity contribution in [3.63, 3.8) is 0 Å². The second kappa shape index (κ2) is 7.23. The molecule has 4 nitrogen and oxygen atoms in total. The van der Waals surface area contributed by atoms with Crippen molar-refractivity contribution in [2.45, 2.75) is 13.3 Å². The van der Waals surface area contributed by atoms with Gasteiger partial charge >= 0.3 is 0 Å². The van der Waals surface area contributed by atoms with Crippen LogP contribution in [0.5, 0.6) is 0 Å². The molecule has 6 heteroatoms. The van der Waals surface area contributed by atoms with Crippen molar-refractivity contribution in [2.24, 2.45) is 5.92 Å². The summed E-state index contributed by atoms with van der Waals surface area (Å²) >= 11 is 5.80. The summed E-state index contributed by atoms with van der Waals surface area (Å²) in [7, 11) is 0. The molecule has 2 aromatic rings. The summed E-state index contributed by atoms with van der Waals surface area (Å²) in [5.74, 6) is -1.22. The van der Waals surface area contributed by atoms with Crippen LogP contribution >= 0.6 is 11.6 Å². The van der Waals surface area contributed by atoms with Crippen LogP contribution in [0, 0.1) is 11.7 Å². The summed E-state index contributed by atoms with van der Waals surface area (Å²) in [5.41, 5.74) is 1.32. The molecule has 2 aromatic carbocycles. The van der Waals surface area contributed by atoms with Crippen LogP contribution in [0.3, 0.4) is 0 Å². The Morgan fingerprint density at radius 2 is 2.00 bits per heavy atom. The molecule has 1 atom stereocenters. The molecule has 1 saturated heterocycles. The van der Waals surface area contributed by atoms with Gasteiger partial charge in [0.15, 0.2) is 0 Å². The van der Waals surface area contributed by atoms with Crippen LogP contribution in [-0.2, 0) is 9.59 Å². The molecule has 0 bridgehead atoms. The van der Waals surface area contributed by atoms with Gasteiger partial charge in [0.25, 0.3) is 0 Å². The number of nitrogens with zero attached hydrogens (tertiary/aromatic N) is 2. The van der Waals surface area contributed by atoms with E-state index in [-0.39, 0.29) is 29.8 Å². The maximum atomic E-state index is 13.3. The van der Waals surface area contributed by atoms with Gasteiger partial charge in [0.1, 0.15) is 5.82 Å². The number of amides is 2. The molecular formula is C19H18ClFN2O2. The van der Waals surface area contributed by atoms with Crippen molar-refractivity contribution in [1.29, 1.82) is 0 Å². The Labute approximate surface area is 150 Å². The van der Waals surface area contributed by atoms with Crippen molar-refractivity contribution in [3.05, 3.63) is 59.4 Å². The minimum atomic E-state index is -0.536. The second-order valence-corrected chi connectivity index (χ2v) is 6.33. The maximum absolute atomic E-state index is 13.3. The van der Waals surface area contributed by atoms with E-state index < -0.39 is 11.7 Å². The molecule has 130 valence electrons. The average molecular weight is 361 g/mol. The molecule has 0 saturated carbocycles. The average Bonchev–Trinajstić information content (AvgIpc) is 3.01. The fourth-order valence-electron chi connectivity index (χ4n) is 3.07. The first kappa shape index (κ1) is 17.4. The first-order valence-corrected chi connectivity index (χ1v) is 8.51. The number of rotatable bonds is 4. The second-order valence-electron chi connectivity index (χ2n) is 5.92. The number of hydrogen-bond acceptors (Lipinski definition) is 2. The minimum absolute atomic E-state index is 0.0421. The zero-order valence-corrected chi connectivity index (χ0v) is 14.5. The molecule has 2 amide bonds. The van der Waals surface area contributed by atoms with Crippen LogP contribution in [0.25, 0.3) is 0 Å². The predicted molar refractivity (Wildman–Crippen MR) is 96.3 cm³/mol. The smallest absolute Gasteiger partial charge is 0.232 e. The Morgan fingerprint density at radius 3 is 2.64 bits per heavy atom. The predicted octanol–water partition coefficient (Wildman–Crippen LogP) is 3.89. The first-order valence-electron chi connectivity index (χ1n) is 8.13. The van der Waals surface area contributed by atoms with Crippen molar-refractivity contribution < 1.29 is 14.0 Å². The van der Waals surface area contributed by atoms with E-state index in [1.54, 1.807) is 4.90 Å². The molecule has 0 aromatic heterocycles. The van der Waals surface area contributed by atoms with Crippen LogP contribution in [0.15, 0.2) is 48.5 Å². The van der Waals surface area contributed by atoms with Gasteiger partial charge < -0.3 is 9.80 Å². The van der Waals surface area contributed by atoms with E-state index in [0.717, 1.165) is 5.69 Å². The molecule has 0 aliphatic carbocycles. The largest absolute Gasteiger partial charge is 0.312 e. The molecule has 1 aliphatic heterocycles. The highest BCUT2D eigenvalue weighted by Gasteiger charge is 2.37. The highest BCUT2D eigenvalue weighted by atomic mass is 35.5. The van der Waals surface area contributed by atoms with Gasteiger partial charge in [-0.2, -0.15) is 0 Å². The van der Waals surface area contributed by atoms with E-state index >= 15 is 0 Å². The van der Waals surface area contributed by atoms with E-state index in [0.29, 0.717) is 12.2 Å². The van der Waals surface area contributed by atoms with Gasteiger partial charge in [-0.25, -0.2) is 4.39 Å². The Balaban J connectivity index is 1.79. The molecular weight excluding hydrogens is 343 g/mol. The third-order valence-electron chi connectivity index (χ3n) is 4.34. The van der Waals surface area contributed by atoms with E-state index in [2.05, 4.69) is 0 Å². The quantitative estimate of drug-likeness (QED) is 0.830. The van der Waals surface area contributed by atoms with Crippen LogP contribution in [0.4, 0.5) is 15.8 Å². The maximum Gasteiger partial charge on any atom is 0.232 e. The fourth-order valence-corrected chi connectivity index (χ4v) is 3.24. The lowest BCUT2D eigenvalue weighted by Crippen LogP contribution is -2.37. The summed E-state index contributed by atoms with van der Waals surface area (Å²) in [6.45, 7) is 2.69. The topological polar surface area (TPSA) is 40.6 Å². The number of carbonyl (C=O) groups is 2. The standard InChI is InChI=1S/C19H18ClFN2O2/c1-2-22(14-6-4-3-5-7-14)19(25)13-10-18(24)23(12-13)15-8-9-17(21)16(20)11-15/h3-9,11,13H,2,10,12H2,1H3. The molecule has 1 heterocycles. The molecule has 0 N–H and O–H groups in total. The van der Waals surface area contributed by atoms with Gasteiger partial charge in [-0.05, 0) is 37.3 Å². The van der Waals surface area contributed by atoms with Crippen molar-refractivity contribution in [1.82, 2.24) is 0 Å². The summed E-state index contributed by atoms with van der Waals surface area (Å²) in [4.78, 5) is 28.4. The zero-order valence-electron chi connectivity index (χ0n) is 13.8. The van der Waals surface area contributed by atoms with Crippen molar-refractivity contribution in [3.8, 4) is 0 Å². The normalized spacial score (nSPS) is 17.0. The SMILES string of the molecule is CCN(C(=O)C1CC(=O)N(c2ccc(F)c(Cl)c2)C1)c1ccccc1. The van der Waals surface area contributed by atoms with E-state index in [1.807, 2.05) is 37.3 Å². The number of anilines is 2. The molecule has 25 heavy (non-hydrogen) atoms. The summed E-state index contributed by atoms with van der Waals surface area (Å²) in [6.07, 6.45) is 0.136. The number of carbonyl (C=O) groups excluding carboxylic acids is 2. The molecule has 1 unspecified atom stereocenters. The molecule has 3 rings (SSSR count). The van der Waals surface area contributed by atoms with Gasteiger partial charge in [-0.15, -0.1) is 0 Å². The number of benzene rings is 2. The summed E-state index contributed by atoms with van der Waals surface area (Å²) in [5, 5.41) is -0.0421. The fraction of sp³-hybridized carbons (Fsp3) is 0.263. The van der Waals surface area contributed by atoms with Crippen LogP contribution < -0.4 is 9.80 Å². The van der Waals surface area contributed by atoms with Gasteiger partial charge in [-0.3, -0.25) is 9.59 Å². The van der Waals surface area contributed by atoms with Gasteiger partial charge in [0, 0.05) is 30.9 Å². The monoisotopic (exact) mass is 360 g/mol. The minimum Gasteiger partial charge on any atom is -0.312 e.